The van der Waals surface area contributed by atoms with Gasteiger partial charge in [-0.25, -0.2) is 38.7 Å². The van der Waals surface area contributed by atoms with Crippen LogP contribution in [0.1, 0.15) is 127 Å². The molecule has 7 aromatic rings. The molecule has 3 amide bonds. The van der Waals surface area contributed by atoms with Crippen LogP contribution >= 0.6 is 21.6 Å². The number of nitrogens with one attached hydrogen (secondary N) is 3. The number of pyridine rings is 4. The van der Waals surface area contributed by atoms with Gasteiger partial charge >= 0.3 is 36.4 Å². The first-order chi connectivity index (χ1) is 46.7. The Kier molecular flexibility index (Phi) is 20.3. The molecule has 0 radical (unpaired) electrons. The van der Waals surface area contributed by atoms with Gasteiger partial charge in [0.2, 0.25) is 5.60 Å². The maximum absolute atomic E-state index is 14.1. The Morgan fingerprint density at radius 2 is 1.10 bits per heavy atom. The number of anilines is 2. The van der Waals surface area contributed by atoms with Crippen LogP contribution in [0, 0.1) is 0 Å². The molecule has 3 aromatic carbocycles. The van der Waals surface area contributed by atoms with E-state index in [-0.39, 0.29) is 78.5 Å². The number of carbonyl (C=O) groups is 6. The number of rotatable bonds is 16. The highest BCUT2D eigenvalue weighted by atomic mass is 33.1. The van der Waals surface area contributed by atoms with E-state index in [1.807, 2.05) is 38.1 Å². The van der Waals surface area contributed by atoms with Gasteiger partial charge in [0.05, 0.1) is 58.0 Å². The summed E-state index contributed by atoms with van der Waals surface area (Å²) in [5.41, 5.74) is 4.36. The third kappa shape index (κ3) is 14.4. The number of likely N-dealkylation sites (N-methyl/N-ethyl adjacent to an activating group) is 1. The maximum atomic E-state index is 14.1. The molecule has 1 saturated heterocycles. The molecule has 98 heavy (non-hydrogen) atoms. The third-order valence-corrected chi connectivity index (χ3v) is 20.1. The van der Waals surface area contributed by atoms with E-state index < -0.39 is 52.7 Å². The van der Waals surface area contributed by atoms with Crippen LogP contribution in [0.5, 0.6) is 11.5 Å². The summed E-state index contributed by atoms with van der Waals surface area (Å²) in [6.45, 7) is 22.7. The Hall–Kier alpha value is -9.18. The van der Waals surface area contributed by atoms with Gasteiger partial charge in [0.25, 0.3) is 11.1 Å². The Labute approximate surface area is 573 Å². The molecule has 4 aromatic heterocycles. The second kappa shape index (κ2) is 28.3. The van der Waals surface area contributed by atoms with Crippen LogP contribution in [0.3, 0.4) is 0 Å². The Morgan fingerprint density at radius 1 is 0.612 bits per heavy atom. The van der Waals surface area contributed by atoms with E-state index in [2.05, 4.69) is 32.8 Å². The van der Waals surface area contributed by atoms with E-state index in [1.165, 1.54) is 10.8 Å². The van der Waals surface area contributed by atoms with Gasteiger partial charge in [-0.2, -0.15) is 0 Å². The molecule has 0 bridgehead atoms. The molecule has 518 valence electrons. The largest absolute Gasteiger partial charge is 0.514 e. The van der Waals surface area contributed by atoms with Crippen molar-refractivity contribution >= 4 is 91.1 Å². The van der Waals surface area contributed by atoms with E-state index in [1.54, 1.807) is 124 Å². The molecule has 5 aliphatic heterocycles. The fourth-order valence-electron chi connectivity index (χ4n) is 12.8. The van der Waals surface area contributed by atoms with Crippen molar-refractivity contribution in [1.82, 2.24) is 34.6 Å². The summed E-state index contributed by atoms with van der Waals surface area (Å²) in [5.74, 6) is 0.302. The molecular weight excluding hydrogens is 1300 g/mol. The van der Waals surface area contributed by atoms with Crippen LogP contribution in [0.2, 0.25) is 0 Å². The smallest absolute Gasteiger partial charge is 0.458 e. The zero-order valence-electron chi connectivity index (χ0n) is 56.8. The van der Waals surface area contributed by atoms with Crippen molar-refractivity contribution in [3.05, 3.63) is 138 Å². The minimum atomic E-state index is -1.87. The van der Waals surface area contributed by atoms with Crippen LogP contribution in [0.15, 0.2) is 82.4 Å². The lowest BCUT2D eigenvalue weighted by Gasteiger charge is -2.35. The number of alkyl carbamates (subject to hydrolysis) is 1. The van der Waals surface area contributed by atoms with E-state index >= 15 is 0 Å². The van der Waals surface area contributed by atoms with Crippen molar-refractivity contribution in [3.8, 4) is 34.3 Å². The lowest BCUT2D eigenvalue weighted by Crippen LogP contribution is -2.49. The normalized spacial score (nSPS) is 17.5. The number of amides is 3. The minimum absolute atomic E-state index is 0.0287. The van der Waals surface area contributed by atoms with Crippen molar-refractivity contribution in [1.29, 1.82) is 0 Å². The molecule has 25 nitrogen and oxygen atoms in total. The maximum Gasteiger partial charge on any atom is 0.514 e. The molecule has 9 heterocycles. The molecule has 5 aliphatic rings. The molecule has 27 heteroatoms. The molecule has 4 N–H and O–H groups in total. The van der Waals surface area contributed by atoms with Crippen molar-refractivity contribution in [2.75, 3.05) is 68.0 Å². The molecule has 2 atom stereocenters. The first-order valence-corrected chi connectivity index (χ1v) is 35.3. The van der Waals surface area contributed by atoms with Crippen molar-refractivity contribution in [2.45, 2.75) is 144 Å². The van der Waals surface area contributed by atoms with Crippen LogP contribution in [-0.4, -0.2) is 135 Å². The molecule has 1 fully saturated rings. The van der Waals surface area contributed by atoms with Gasteiger partial charge in [0.1, 0.15) is 35.9 Å². The number of esters is 2. The second-order valence-corrected chi connectivity index (χ2v) is 29.1. The summed E-state index contributed by atoms with van der Waals surface area (Å²) in [6.07, 6.45) is -1.07. The lowest BCUT2D eigenvalue weighted by atomic mass is 9.85. The zero-order valence-corrected chi connectivity index (χ0v) is 58.4. The SMILES string of the molecule is CCc1c2c(nc3ccc(OC(=O)OC(C)(C)C)cc13)-c1cc3c(c(=O)n1C2)COC(=O)[C@@]3(CC)OC(=O)NCCSSCCNC(=O)Nc1ccc(N2CCN(C)CC2)cc1.CCc1c2c(nc3ccc(OC(=O)OC(C)(C)C)cc13)-c1cc3c(c(=O)n1C2)COC(=O)[C@]3(O)CC. The van der Waals surface area contributed by atoms with Crippen molar-refractivity contribution < 1.29 is 67.0 Å². The molecule has 0 saturated carbocycles. The summed E-state index contributed by atoms with van der Waals surface area (Å²) >= 11 is 0. The number of cyclic esters (lactones) is 2. The number of fused-ring (bicyclic) bond motifs is 10. The number of hydrogen-bond donors (Lipinski definition) is 4. The summed E-state index contributed by atoms with van der Waals surface area (Å²) in [5, 5.41) is 21.1. The predicted octanol–water partition coefficient (Wildman–Crippen LogP) is 10.6. The molecule has 0 spiro atoms. The van der Waals surface area contributed by atoms with Crippen LogP contribution in [-0.2, 0) is 83.6 Å². The van der Waals surface area contributed by atoms with Gasteiger partial charge in [0.15, 0.2) is 5.60 Å². The third-order valence-electron chi connectivity index (χ3n) is 17.7. The quantitative estimate of drug-likeness (QED) is 0.0230. The molecule has 0 unspecified atom stereocenters. The van der Waals surface area contributed by atoms with E-state index in [0.717, 1.165) is 70.6 Å². The average molecular weight is 1380 g/mol. The number of aryl methyl sites for hydroxylation is 2. The number of carbonyl (C=O) groups excluding carboxylic acids is 6. The van der Waals surface area contributed by atoms with E-state index in [4.69, 9.17) is 43.1 Å². The van der Waals surface area contributed by atoms with Gasteiger partial charge < -0.3 is 73.1 Å². The first-order valence-electron chi connectivity index (χ1n) is 32.8. The number of aliphatic hydroxyl groups is 1. The van der Waals surface area contributed by atoms with Gasteiger partial charge in [0, 0.05) is 95.2 Å². The number of benzene rings is 3. The Morgan fingerprint density at radius 3 is 1.59 bits per heavy atom. The topological polar surface area (TPSA) is 300 Å². The van der Waals surface area contributed by atoms with Crippen LogP contribution in [0.25, 0.3) is 44.6 Å². The summed E-state index contributed by atoms with van der Waals surface area (Å²) in [7, 11) is 5.19. The van der Waals surface area contributed by atoms with Gasteiger partial charge in [-0.05, 0) is 158 Å². The monoisotopic (exact) mass is 1380 g/mol. The summed E-state index contributed by atoms with van der Waals surface area (Å²) in [6, 6.07) is 21.3. The van der Waals surface area contributed by atoms with Gasteiger partial charge in [-0.1, -0.05) is 49.3 Å². The number of urea groups is 1. The lowest BCUT2D eigenvalue weighted by molar-refractivity contribution is -0.172. The highest BCUT2D eigenvalue weighted by Gasteiger charge is 2.51. The Bertz CT molecular complexity index is 4460. The first kappa shape index (κ1) is 70.1. The minimum Gasteiger partial charge on any atom is -0.458 e. The number of aromatic nitrogens is 4. The number of piperazine rings is 1. The van der Waals surface area contributed by atoms with Crippen molar-refractivity contribution in [3.63, 3.8) is 0 Å². The summed E-state index contributed by atoms with van der Waals surface area (Å²) < 4.78 is 41.2. The molecule has 0 aliphatic carbocycles. The Balaban J connectivity index is 0.000000228. The second-order valence-electron chi connectivity index (χ2n) is 26.4. The number of ether oxygens (including phenoxy) is 7. The summed E-state index contributed by atoms with van der Waals surface area (Å²) in [4.78, 5) is 118. The molecule has 12 rings (SSSR count). The van der Waals surface area contributed by atoms with Gasteiger partial charge in [-0.3, -0.25) is 9.59 Å². The fourth-order valence-corrected chi connectivity index (χ4v) is 14.6. The predicted molar refractivity (Wildman–Crippen MR) is 372 cm³/mol. The highest BCUT2D eigenvalue weighted by molar-refractivity contribution is 8.76. The van der Waals surface area contributed by atoms with Crippen LogP contribution in [0.4, 0.5) is 30.6 Å². The highest BCUT2D eigenvalue weighted by Crippen LogP contribution is 2.44. The van der Waals surface area contributed by atoms with Crippen LogP contribution < -0.4 is 41.4 Å². The molecular formula is C71H81N9O16S2. The average Bonchev–Trinajstić information content (AvgIpc) is 1.49. The standard InChI is InChI=1S/C44H53N7O9S2.C27H28N2O7/c1-7-30-31-23-29(58-42(56)60-43(3,4)5)13-14-35(31)48-37-32(30)25-51-36(37)24-34-33(38(51)52)26-57-39(53)44(34,8-2)59-41(55)46-16-22-62-61-21-15-45-40(54)47-27-9-11-28(12-10-27)50-19-17-49(6)18-20-50;1-6-15-16-10-14(35-25(32)36-26(3,4)5)8-9-20(16)28-22-17(15)12-29-21(22)11-19-18(23(29)30)13-34-24(31)27(19,33)7-2/h9-14,23-24H,7-8,15-22,25-26H2,1-6H3,(H,46,55)(H2,45,47,54);8-11,33H,6-7,12-13H2,1-5H3/t44-;27-/m00/s1. The number of nitrogens with zero attached hydrogens (tertiary/aromatic N) is 6. The van der Waals surface area contributed by atoms with E-state index in [9.17, 15) is 43.5 Å². The van der Waals surface area contributed by atoms with Crippen molar-refractivity contribution in [2.24, 2.45) is 0 Å². The van der Waals surface area contributed by atoms with E-state index in [0.29, 0.717) is 82.7 Å². The number of hydrogen-bond acceptors (Lipinski definition) is 22. The van der Waals surface area contributed by atoms with Gasteiger partial charge in [-0.15, -0.1) is 0 Å². The zero-order chi connectivity index (χ0) is 70.2. The fraction of sp³-hybridized carbons (Fsp3) is 0.437.